The van der Waals surface area contributed by atoms with Crippen LogP contribution in [0.4, 0.5) is 0 Å². The number of carbonyl (C=O) groups is 1. The van der Waals surface area contributed by atoms with Gasteiger partial charge in [-0.2, -0.15) is 5.10 Å². The number of Topliss-reactive ketones (excluding diaryl/α,β-unsaturated/α-hetero) is 1. The van der Waals surface area contributed by atoms with E-state index in [-0.39, 0.29) is 5.78 Å². The molecule has 0 N–H and O–H groups in total. The zero-order valence-corrected chi connectivity index (χ0v) is 12.2. The molecular formula is C16H20N2O. The molecular weight excluding hydrogens is 236 g/mol. The Hall–Kier alpha value is -1.90. The second-order valence-corrected chi connectivity index (χ2v) is 5.17. The zero-order chi connectivity index (χ0) is 14.2. The molecule has 1 heterocycles. The van der Waals surface area contributed by atoms with Crippen LogP contribution in [0.3, 0.4) is 0 Å². The van der Waals surface area contributed by atoms with Crippen LogP contribution in [0.15, 0.2) is 18.2 Å². The van der Waals surface area contributed by atoms with Crippen LogP contribution in [0.2, 0.25) is 0 Å². The lowest BCUT2D eigenvalue weighted by molar-refractivity contribution is 0.0992. The maximum Gasteiger partial charge on any atom is 0.167 e. The average Bonchev–Trinajstić information content (AvgIpc) is 2.59. The molecule has 0 aliphatic rings. The third-order valence-corrected chi connectivity index (χ3v) is 3.83. The van der Waals surface area contributed by atoms with E-state index in [2.05, 4.69) is 12.0 Å². The normalized spacial score (nSPS) is 10.8. The van der Waals surface area contributed by atoms with Crippen LogP contribution in [-0.2, 0) is 13.5 Å². The summed E-state index contributed by atoms with van der Waals surface area (Å²) in [6.07, 6.45) is 0.425. The largest absolute Gasteiger partial charge is 0.294 e. The molecule has 0 saturated heterocycles. The van der Waals surface area contributed by atoms with Crippen molar-refractivity contribution in [1.82, 2.24) is 9.78 Å². The lowest BCUT2D eigenvalue weighted by Gasteiger charge is -2.05. The van der Waals surface area contributed by atoms with Gasteiger partial charge in [0.2, 0.25) is 0 Å². The number of aryl methyl sites for hydroxylation is 4. The molecule has 0 aliphatic carbocycles. The number of rotatable bonds is 3. The SMILES string of the molecule is Cc1ccc(C(=O)Cc2c(C)nn(C)c2C)cc1C. The molecule has 3 heteroatoms. The Morgan fingerprint density at radius 1 is 1.16 bits per heavy atom. The molecule has 3 nitrogen and oxygen atoms in total. The molecule has 100 valence electrons. The van der Waals surface area contributed by atoms with Gasteiger partial charge in [-0.15, -0.1) is 0 Å². The van der Waals surface area contributed by atoms with Gasteiger partial charge in [0.15, 0.2) is 5.78 Å². The fraction of sp³-hybridized carbons (Fsp3) is 0.375. The fourth-order valence-corrected chi connectivity index (χ4v) is 2.25. The van der Waals surface area contributed by atoms with E-state index in [4.69, 9.17) is 0 Å². The summed E-state index contributed by atoms with van der Waals surface area (Å²) >= 11 is 0. The van der Waals surface area contributed by atoms with Gasteiger partial charge in [-0.3, -0.25) is 9.48 Å². The standard InChI is InChI=1S/C16H20N2O/c1-10-6-7-14(8-11(10)2)16(19)9-15-12(3)17-18(5)13(15)4/h6-8H,9H2,1-5H3. The molecule has 2 aromatic rings. The molecule has 0 unspecified atom stereocenters. The van der Waals surface area contributed by atoms with Gasteiger partial charge in [0.05, 0.1) is 5.69 Å². The Kier molecular flexibility index (Phi) is 3.56. The third kappa shape index (κ3) is 2.60. The lowest BCUT2D eigenvalue weighted by atomic mass is 9.98. The number of ketones is 1. The van der Waals surface area contributed by atoms with Crippen molar-refractivity contribution in [3.05, 3.63) is 51.8 Å². The van der Waals surface area contributed by atoms with E-state index in [1.165, 1.54) is 5.56 Å². The van der Waals surface area contributed by atoms with Crippen molar-refractivity contribution in [2.75, 3.05) is 0 Å². The number of aromatic nitrogens is 2. The van der Waals surface area contributed by atoms with Crippen LogP contribution in [0.5, 0.6) is 0 Å². The summed E-state index contributed by atoms with van der Waals surface area (Å²) in [6.45, 7) is 8.05. The van der Waals surface area contributed by atoms with Gasteiger partial charge >= 0.3 is 0 Å². The first-order chi connectivity index (χ1) is 8.90. The minimum atomic E-state index is 0.155. The predicted octanol–water partition coefficient (Wildman–Crippen LogP) is 3.08. The van der Waals surface area contributed by atoms with Crippen LogP contribution >= 0.6 is 0 Å². The first kappa shape index (κ1) is 13.5. The van der Waals surface area contributed by atoms with Gasteiger partial charge < -0.3 is 0 Å². The molecule has 0 spiro atoms. The molecule has 0 radical (unpaired) electrons. The Bertz CT molecular complexity index is 638. The summed E-state index contributed by atoms with van der Waals surface area (Å²) in [4.78, 5) is 12.4. The van der Waals surface area contributed by atoms with Crippen LogP contribution in [0, 0.1) is 27.7 Å². The van der Waals surface area contributed by atoms with Crippen molar-refractivity contribution in [2.45, 2.75) is 34.1 Å². The van der Waals surface area contributed by atoms with Crippen LogP contribution in [-0.4, -0.2) is 15.6 Å². The van der Waals surface area contributed by atoms with E-state index >= 15 is 0 Å². The van der Waals surface area contributed by atoms with E-state index in [1.54, 1.807) is 0 Å². The van der Waals surface area contributed by atoms with Crippen molar-refractivity contribution < 1.29 is 4.79 Å². The Morgan fingerprint density at radius 2 is 1.84 bits per heavy atom. The molecule has 1 aromatic carbocycles. The topological polar surface area (TPSA) is 34.9 Å². The second kappa shape index (κ2) is 5.00. The Morgan fingerprint density at radius 3 is 2.37 bits per heavy atom. The molecule has 0 saturated carbocycles. The summed E-state index contributed by atoms with van der Waals surface area (Å²) in [5.74, 6) is 0.155. The molecule has 1 aromatic heterocycles. The van der Waals surface area contributed by atoms with Gasteiger partial charge in [-0.05, 0) is 44.9 Å². The van der Waals surface area contributed by atoms with Crippen molar-refractivity contribution in [3.8, 4) is 0 Å². The van der Waals surface area contributed by atoms with Gasteiger partial charge in [0.25, 0.3) is 0 Å². The van der Waals surface area contributed by atoms with Crippen LogP contribution < -0.4 is 0 Å². The fourth-order valence-electron chi connectivity index (χ4n) is 2.25. The maximum atomic E-state index is 12.4. The minimum absolute atomic E-state index is 0.155. The van der Waals surface area contributed by atoms with Crippen LogP contribution in [0.25, 0.3) is 0 Å². The minimum Gasteiger partial charge on any atom is -0.294 e. The molecule has 0 aliphatic heterocycles. The van der Waals surface area contributed by atoms with Crippen molar-refractivity contribution >= 4 is 5.78 Å². The summed E-state index contributed by atoms with van der Waals surface area (Å²) in [5, 5.41) is 4.35. The van der Waals surface area contributed by atoms with Crippen molar-refractivity contribution in [1.29, 1.82) is 0 Å². The molecule has 0 bridgehead atoms. The zero-order valence-electron chi connectivity index (χ0n) is 12.2. The highest BCUT2D eigenvalue weighted by molar-refractivity contribution is 5.98. The summed E-state index contributed by atoms with van der Waals surface area (Å²) < 4.78 is 1.83. The van der Waals surface area contributed by atoms with Gasteiger partial charge in [0, 0.05) is 30.3 Å². The number of hydrogen-bond donors (Lipinski definition) is 0. The quantitative estimate of drug-likeness (QED) is 0.791. The Labute approximate surface area is 114 Å². The number of hydrogen-bond acceptors (Lipinski definition) is 2. The summed E-state index contributed by atoms with van der Waals surface area (Å²) in [7, 11) is 1.91. The second-order valence-electron chi connectivity index (χ2n) is 5.17. The Balaban J connectivity index is 2.28. The first-order valence-electron chi connectivity index (χ1n) is 6.49. The monoisotopic (exact) mass is 256 g/mol. The average molecular weight is 256 g/mol. The lowest BCUT2D eigenvalue weighted by Crippen LogP contribution is -2.06. The van der Waals surface area contributed by atoms with Gasteiger partial charge in [-0.1, -0.05) is 12.1 Å². The molecule has 2 rings (SSSR count). The highest BCUT2D eigenvalue weighted by Gasteiger charge is 2.15. The smallest absolute Gasteiger partial charge is 0.167 e. The van der Waals surface area contributed by atoms with Crippen molar-refractivity contribution in [2.24, 2.45) is 7.05 Å². The number of nitrogens with zero attached hydrogens (tertiary/aromatic N) is 2. The van der Waals surface area contributed by atoms with E-state index in [0.29, 0.717) is 6.42 Å². The van der Waals surface area contributed by atoms with E-state index in [1.807, 2.05) is 50.7 Å². The highest BCUT2D eigenvalue weighted by atomic mass is 16.1. The van der Waals surface area contributed by atoms with E-state index < -0.39 is 0 Å². The maximum absolute atomic E-state index is 12.4. The van der Waals surface area contributed by atoms with E-state index in [0.717, 1.165) is 28.1 Å². The molecule has 0 fully saturated rings. The van der Waals surface area contributed by atoms with Gasteiger partial charge in [0.1, 0.15) is 0 Å². The molecule has 0 atom stereocenters. The van der Waals surface area contributed by atoms with Crippen molar-refractivity contribution in [3.63, 3.8) is 0 Å². The summed E-state index contributed by atoms with van der Waals surface area (Å²) in [6, 6.07) is 5.88. The molecule has 0 amide bonds. The highest BCUT2D eigenvalue weighted by Crippen LogP contribution is 2.17. The molecule has 19 heavy (non-hydrogen) atoms. The summed E-state index contributed by atoms with van der Waals surface area (Å²) in [5.41, 5.74) is 6.21. The first-order valence-corrected chi connectivity index (χ1v) is 6.49. The van der Waals surface area contributed by atoms with Crippen LogP contribution in [0.1, 0.15) is 38.4 Å². The number of carbonyl (C=O) groups excluding carboxylic acids is 1. The predicted molar refractivity (Wildman–Crippen MR) is 76.6 cm³/mol. The third-order valence-electron chi connectivity index (χ3n) is 3.83. The van der Waals surface area contributed by atoms with Gasteiger partial charge in [-0.25, -0.2) is 0 Å². The van der Waals surface area contributed by atoms with E-state index in [9.17, 15) is 4.79 Å². The number of benzene rings is 1.